The van der Waals surface area contributed by atoms with Crippen molar-refractivity contribution >= 4 is 11.9 Å². The molecule has 0 aromatic carbocycles. The number of hydrogen-bond donors (Lipinski definition) is 3. The molecule has 0 aliphatic carbocycles. The van der Waals surface area contributed by atoms with Gasteiger partial charge in [-0.05, 0) is 19.3 Å². The molecule has 13 heavy (non-hydrogen) atoms. The lowest BCUT2D eigenvalue weighted by Crippen LogP contribution is -2.35. The Balaban J connectivity index is 2.63. The topological polar surface area (TPSA) is 91.5 Å². The zero-order valence-corrected chi connectivity index (χ0v) is 8.12. The van der Waals surface area contributed by atoms with E-state index < -0.39 is 0 Å². The number of likely N-dealkylation sites (tertiary alicyclic amines) is 1. The van der Waals surface area contributed by atoms with Gasteiger partial charge in [0, 0.05) is 12.6 Å². The molecule has 5 N–H and O–H groups in total. The highest BCUT2D eigenvalue weighted by Gasteiger charge is 2.27. The predicted molar refractivity (Wildman–Crippen MR) is 53.5 cm³/mol. The average Bonchev–Trinajstić information content (AvgIpc) is 2.28. The van der Waals surface area contributed by atoms with Crippen LogP contribution < -0.4 is 11.5 Å². The quantitative estimate of drug-likeness (QED) is 0.362. The monoisotopic (exact) mass is 183 g/mol. The van der Waals surface area contributed by atoms with Crippen LogP contribution in [0.25, 0.3) is 0 Å². The fraction of sp³-hybridized carbons (Fsp3) is 0.750. The second-order valence-electron chi connectivity index (χ2n) is 3.70. The zero-order valence-electron chi connectivity index (χ0n) is 8.12. The highest BCUT2D eigenvalue weighted by Crippen LogP contribution is 2.22. The summed E-state index contributed by atoms with van der Waals surface area (Å²) in [6.45, 7) is 5.12. The molecule has 1 heterocycles. The Morgan fingerprint density at radius 3 is 2.46 bits per heavy atom. The molecule has 2 unspecified atom stereocenters. The molecule has 74 valence electrons. The third-order valence-corrected chi connectivity index (χ3v) is 2.29. The van der Waals surface area contributed by atoms with Crippen LogP contribution in [0.1, 0.15) is 20.3 Å². The lowest BCUT2D eigenvalue weighted by Gasteiger charge is -2.20. The minimum atomic E-state index is -0.0447. The highest BCUT2D eigenvalue weighted by molar-refractivity contribution is 5.91. The Hall–Kier alpha value is -1.26. The molecule has 5 heteroatoms. The van der Waals surface area contributed by atoms with Gasteiger partial charge in [0.15, 0.2) is 5.96 Å². The summed E-state index contributed by atoms with van der Waals surface area (Å²) < 4.78 is 0. The van der Waals surface area contributed by atoms with Gasteiger partial charge in [-0.2, -0.15) is 4.99 Å². The van der Waals surface area contributed by atoms with E-state index in [0.29, 0.717) is 12.0 Å². The first-order valence-electron chi connectivity index (χ1n) is 4.45. The first-order valence-corrected chi connectivity index (χ1v) is 4.45. The van der Waals surface area contributed by atoms with Gasteiger partial charge in [0.1, 0.15) is 0 Å². The third-order valence-electron chi connectivity index (χ3n) is 2.29. The Kier molecular flexibility index (Phi) is 2.75. The standard InChI is InChI=1S/C8H17N5/c1-5-3-6(2)13(4-5)8(11)12-7(9)10/h5-6H,3-4H2,1-2H3,(H5,9,10,11,12). The van der Waals surface area contributed by atoms with Crippen LogP contribution in [0.5, 0.6) is 0 Å². The second kappa shape index (κ2) is 3.64. The molecule has 1 fully saturated rings. The summed E-state index contributed by atoms with van der Waals surface area (Å²) in [5.41, 5.74) is 10.4. The molecule has 0 radical (unpaired) electrons. The molecule has 0 bridgehead atoms. The van der Waals surface area contributed by atoms with E-state index in [1.165, 1.54) is 0 Å². The van der Waals surface area contributed by atoms with E-state index in [1.54, 1.807) is 0 Å². The van der Waals surface area contributed by atoms with Crippen LogP contribution in [-0.2, 0) is 0 Å². The van der Waals surface area contributed by atoms with Crippen LogP contribution in [0.3, 0.4) is 0 Å². The Labute approximate surface area is 78.3 Å². The van der Waals surface area contributed by atoms with Crippen molar-refractivity contribution in [3.05, 3.63) is 0 Å². The van der Waals surface area contributed by atoms with Gasteiger partial charge in [-0.25, -0.2) is 0 Å². The van der Waals surface area contributed by atoms with Crippen molar-refractivity contribution in [2.45, 2.75) is 26.3 Å². The van der Waals surface area contributed by atoms with Crippen LogP contribution in [-0.4, -0.2) is 29.4 Å². The lowest BCUT2D eigenvalue weighted by molar-refractivity contribution is 0.404. The first kappa shape index (κ1) is 9.83. The number of aliphatic imine (C=N–C) groups is 1. The van der Waals surface area contributed by atoms with Crippen LogP contribution in [0.2, 0.25) is 0 Å². The van der Waals surface area contributed by atoms with E-state index in [-0.39, 0.29) is 11.9 Å². The number of guanidine groups is 2. The van der Waals surface area contributed by atoms with E-state index in [9.17, 15) is 0 Å². The van der Waals surface area contributed by atoms with Crippen molar-refractivity contribution in [3.63, 3.8) is 0 Å². The Morgan fingerprint density at radius 2 is 2.08 bits per heavy atom. The smallest absolute Gasteiger partial charge is 0.221 e. The molecule has 0 amide bonds. The molecule has 0 aromatic rings. The number of nitrogens with one attached hydrogen (secondary N) is 1. The van der Waals surface area contributed by atoms with E-state index in [4.69, 9.17) is 16.9 Å². The van der Waals surface area contributed by atoms with Gasteiger partial charge in [-0.1, -0.05) is 6.92 Å². The molecule has 1 rings (SSSR count). The molecular weight excluding hydrogens is 166 g/mol. The maximum absolute atomic E-state index is 7.62. The van der Waals surface area contributed by atoms with Gasteiger partial charge in [-0.15, -0.1) is 0 Å². The summed E-state index contributed by atoms with van der Waals surface area (Å²) in [6.07, 6.45) is 1.10. The fourth-order valence-electron chi connectivity index (χ4n) is 1.78. The maximum Gasteiger partial charge on any atom is 0.221 e. The van der Waals surface area contributed by atoms with Crippen molar-refractivity contribution < 1.29 is 0 Å². The number of hydrogen-bond acceptors (Lipinski definition) is 1. The number of nitrogens with two attached hydrogens (primary N) is 2. The number of rotatable bonds is 0. The lowest BCUT2D eigenvalue weighted by atomic mass is 10.1. The van der Waals surface area contributed by atoms with Crippen molar-refractivity contribution in [2.24, 2.45) is 22.4 Å². The van der Waals surface area contributed by atoms with Crippen molar-refractivity contribution in [1.82, 2.24) is 4.90 Å². The van der Waals surface area contributed by atoms with E-state index in [2.05, 4.69) is 18.8 Å². The van der Waals surface area contributed by atoms with Gasteiger partial charge in [0.05, 0.1) is 0 Å². The molecule has 0 aromatic heterocycles. The van der Waals surface area contributed by atoms with Crippen LogP contribution in [0, 0.1) is 11.3 Å². The molecule has 1 saturated heterocycles. The molecular formula is C8H17N5. The fourth-order valence-corrected chi connectivity index (χ4v) is 1.78. The van der Waals surface area contributed by atoms with Crippen LogP contribution >= 0.6 is 0 Å². The van der Waals surface area contributed by atoms with E-state index in [0.717, 1.165) is 13.0 Å². The Bertz CT molecular complexity index is 231. The van der Waals surface area contributed by atoms with Crippen molar-refractivity contribution in [3.8, 4) is 0 Å². The minimum Gasteiger partial charge on any atom is -0.370 e. The van der Waals surface area contributed by atoms with Gasteiger partial charge >= 0.3 is 0 Å². The second-order valence-corrected chi connectivity index (χ2v) is 3.70. The molecule has 0 saturated carbocycles. The molecule has 0 spiro atoms. The summed E-state index contributed by atoms with van der Waals surface area (Å²) in [6, 6.07) is 0.366. The first-order chi connectivity index (χ1) is 6.00. The number of nitrogens with zero attached hydrogens (tertiary/aromatic N) is 2. The largest absolute Gasteiger partial charge is 0.370 e. The molecule has 1 aliphatic heterocycles. The van der Waals surface area contributed by atoms with Crippen molar-refractivity contribution in [1.29, 1.82) is 5.41 Å². The normalized spacial score (nSPS) is 27.4. The third kappa shape index (κ3) is 2.34. The van der Waals surface area contributed by atoms with Crippen molar-refractivity contribution in [2.75, 3.05) is 6.54 Å². The Morgan fingerprint density at radius 1 is 1.46 bits per heavy atom. The summed E-state index contributed by atoms with van der Waals surface area (Å²) in [7, 11) is 0. The summed E-state index contributed by atoms with van der Waals surface area (Å²) in [5, 5.41) is 7.62. The summed E-state index contributed by atoms with van der Waals surface area (Å²) >= 11 is 0. The van der Waals surface area contributed by atoms with Crippen LogP contribution in [0.4, 0.5) is 0 Å². The maximum atomic E-state index is 7.62. The summed E-state index contributed by atoms with van der Waals surface area (Å²) in [4.78, 5) is 5.65. The molecule has 1 aliphatic rings. The summed E-state index contributed by atoms with van der Waals surface area (Å²) in [5.74, 6) is 0.748. The van der Waals surface area contributed by atoms with Gasteiger partial charge in [-0.3, -0.25) is 5.41 Å². The van der Waals surface area contributed by atoms with E-state index >= 15 is 0 Å². The van der Waals surface area contributed by atoms with Gasteiger partial charge in [0.2, 0.25) is 5.96 Å². The molecule has 2 atom stereocenters. The SMILES string of the molecule is CC1CC(C)N(C(=N)N=C(N)N)C1. The van der Waals surface area contributed by atoms with Crippen LogP contribution in [0.15, 0.2) is 4.99 Å². The average molecular weight is 183 g/mol. The molecule has 5 nitrogen and oxygen atoms in total. The highest BCUT2D eigenvalue weighted by atomic mass is 15.3. The minimum absolute atomic E-state index is 0.0447. The van der Waals surface area contributed by atoms with Gasteiger partial charge in [0.25, 0.3) is 0 Å². The predicted octanol–water partition coefficient (Wildman–Crippen LogP) is -0.0751. The van der Waals surface area contributed by atoms with Gasteiger partial charge < -0.3 is 16.4 Å². The van der Waals surface area contributed by atoms with E-state index in [1.807, 2.05) is 4.90 Å². The zero-order chi connectivity index (χ0) is 10.0.